The number of rotatable bonds is 3. The number of hydrogen-bond donors (Lipinski definition) is 0. The summed E-state index contributed by atoms with van der Waals surface area (Å²) >= 11 is 0. The smallest absolute Gasteiger partial charge is 0.253 e. The molecule has 1 atom stereocenters. The van der Waals surface area contributed by atoms with Crippen molar-refractivity contribution in [2.24, 2.45) is 5.92 Å². The monoisotopic (exact) mass is 325 g/mol. The molecule has 2 aromatic rings. The SMILES string of the molecule is CCCC1CCCN(C(=O)c2ccc3nc(C)c(C)nc3c2)CC1. The van der Waals surface area contributed by atoms with Gasteiger partial charge in [-0.25, -0.2) is 9.97 Å². The van der Waals surface area contributed by atoms with Crippen molar-refractivity contribution in [3.8, 4) is 0 Å². The average molecular weight is 325 g/mol. The van der Waals surface area contributed by atoms with Gasteiger partial charge in [0.1, 0.15) is 0 Å². The quantitative estimate of drug-likeness (QED) is 0.845. The molecule has 1 aliphatic heterocycles. The molecular weight excluding hydrogens is 298 g/mol. The molecule has 1 aliphatic rings. The van der Waals surface area contributed by atoms with Crippen molar-refractivity contribution in [1.82, 2.24) is 14.9 Å². The average Bonchev–Trinajstić information content (AvgIpc) is 2.81. The molecule has 1 fully saturated rings. The van der Waals surface area contributed by atoms with Crippen LogP contribution in [-0.2, 0) is 0 Å². The fourth-order valence-electron chi connectivity index (χ4n) is 3.61. The molecule has 1 saturated heterocycles. The molecule has 0 aliphatic carbocycles. The maximum atomic E-state index is 12.9. The number of hydrogen-bond acceptors (Lipinski definition) is 3. The Hall–Kier alpha value is -1.97. The molecule has 128 valence electrons. The van der Waals surface area contributed by atoms with E-state index < -0.39 is 0 Å². The largest absolute Gasteiger partial charge is 0.339 e. The van der Waals surface area contributed by atoms with Gasteiger partial charge in [-0.3, -0.25) is 4.79 Å². The summed E-state index contributed by atoms with van der Waals surface area (Å²) < 4.78 is 0. The molecule has 4 heteroatoms. The third kappa shape index (κ3) is 3.58. The Bertz CT molecular complexity index is 741. The zero-order chi connectivity index (χ0) is 17.1. The first kappa shape index (κ1) is 16.9. The van der Waals surface area contributed by atoms with E-state index in [2.05, 4.69) is 16.9 Å². The van der Waals surface area contributed by atoms with E-state index in [0.29, 0.717) is 0 Å². The van der Waals surface area contributed by atoms with E-state index in [9.17, 15) is 4.79 Å². The molecule has 0 saturated carbocycles. The first-order chi connectivity index (χ1) is 11.6. The lowest BCUT2D eigenvalue weighted by molar-refractivity contribution is 0.0760. The highest BCUT2D eigenvalue weighted by atomic mass is 16.2. The van der Waals surface area contributed by atoms with E-state index in [1.54, 1.807) is 0 Å². The summed E-state index contributed by atoms with van der Waals surface area (Å²) in [6.45, 7) is 7.91. The van der Waals surface area contributed by atoms with Crippen molar-refractivity contribution in [1.29, 1.82) is 0 Å². The minimum absolute atomic E-state index is 0.133. The van der Waals surface area contributed by atoms with Crippen molar-refractivity contribution >= 4 is 16.9 Å². The molecule has 24 heavy (non-hydrogen) atoms. The van der Waals surface area contributed by atoms with Crippen LogP contribution in [0.2, 0.25) is 0 Å². The topological polar surface area (TPSA) is 46.1 Å². The molecule has 2 heterocycles. The Morgan fingerprint density at radius 3 is 2.62 bits per heavy atom. The van der Waals surface area contributed by atoms with Crippen LogP contribution >= 0.6 is 0 Å². The van der Waals surface area contributed by atoms with Crippen LogP contribution < -0.4 is 0 Å². The summed E-state index contributed by atoms with van der Waals surface area (Å²) in [5.41, 5.74) is 4.26. The van der Waals surface area contributed by atoms with Crippen molar-refractivity contribution < 1.29 is 4.79 Å². The number of nitrogens with zero attached hydrogens (tertiary/aromatic N) is 3. The second kappa shape index (κ2) is 7.29. The fraction of sp³-hybridized carbons (Fsp3) is 0.550. The minimum atomic E-state index is 0.133. The highest BCUT2D eigenvalue weighted by Crippen LogP contribution is 2.23. The predicted octanol–water partition coefficient (Wildman–Crippen LogP) is 4.29. The second-order valence-electron chi connectivity index (χ2n) is 6.98. The number of carbonyl (C=O) groups is 1. The number of fused-ring (bicyclic) bond motifs is 1. The highest BCUT2D eigenvalue weighted by molar-refractivity contribution is 5.97. The predicted molar refractivity (Wildman–Crippen MR) is 97.2 cm³/mol. The normalized spacial score (nSPS) is 18.6. The summed E-state index contributed by atoms with van der Waals surface area (Å²) in [6.07, 6.45) is 6.01. The Morgan fingerprint density at radius 1 is 1.12 bits per heavy atom. The molecule has 0 bridgehead atoms. The molecule has 1 aromatic heterocycles. The minimum Gasteiger partial charge on any atom is -0.339 e. The van der Waals surface area contributed by atoms with E-state index in [-0.39, 0.29) is 5.91 Å². The number of aryl methyl sites for hydroxylation is 2. The van der Waals surface area contributed by atoms with Crippen LogP contribution in [0.15, 0.2) is 18.2 Å². The number of likely N-dealkylation sites (tertiary alicyclic amines) is 1. The van der Waals surface area contributed by atoms with Gasteiger partial charge < -0.3 is 4.90 Å². The van der Waals surface area contributed by atoms with Gasteiger partial charge in [0.2, 0.25) is 0 Å². The van der Waals surface area contributed by atoms with E-state index in [0.717, 1.165) is 59.8 Å². The summed E-state index contributed by atoms with van der Waals surface area (Å²) in [5, 5.41) is 0. The molecule has 0 radical (unpaired) electrons. The van der Waals surface area contributed by atoms with Gasteiger partial charge in [-0.15, -0.1) is 0 Å². The molecule has 3 rings (SSSR count). The van der Waals surface area contributed by atoms with Crippen LogP contribution in [0.25, 0.3) is 11.0 Å². The molecule has 1 unspecified atom stereocenters. The molecule has 1 aromatic carbocycles. The van der Waals surface area contributed by atoms with Crippen LogP contribution in [0.3, 0.4) is 0 Å². The van der Waals surface area contributed by atoms with E-state index >= 15 is 0 Å². The highest BCUT2D eigenvalue weighted by Gasteiger charge is 2.21. The van der Waals surface area contributed by atoms with Gasteiger partial charge in [-0.1, -0.05) is 19.8 Å². The molecular formula is C20H27N3O. The molecule has 0 spiro atoms. The third-order valence-corrected chi connectivity index (χ3v) is 5.15. The second-order valence-corrected chi connectivity index (χ2v) is 6.98. The van der Waals surface area contributed by atoms with Gasteiger partial charge in [0.15, 0.2) is 0 Å². The fourth-order valence-corrected chi connectivity index (χ4v) is 3.61. The number of amides is 1. The maximum absolute atomic E-state index is 12.9. The maximum Gasteiger partial charge on any atom is 0.253 e. The van der Waals surface area contributed by atoms with Gasteiger partial charge >= 0.3 is 0 Å². The van der Waals surface area contributed by atoms with Crippen molar-refractivity contribution in [3.05, 3.63) is 35.2 Å². The van der Waals surface area contributed by atoms with Crippen LogP contribution in [0.4, 0.5) is 0 Å². The zero-order valence-corrected chi connectivity index (χ0v) is 15.0. The number of benzene rings is 1. The number of aromatic nitrogens is 2. The van der Waals surface area contributed by atoms with Crippen LogP contribution in [0.5, 0.6) is 0 Å². The van der Waals surface area contributed by atoms with E-state index in [1.807, 2.05) is 36.9 Å². The Morgan fingerprint density at radius 2 is 1.88 bits per heavy atom. The van der Waals surface area contributed by atoms with Gasteiger partial charge in [-0.05, 0) is 57.2 Å². The summed E-state index contributed by atoms with van der Waals surface area (Å²) in [5.74, 6) is 0.912. The zero-order valence-electron chi connectivity index (χ0n) is 15.0. The Labute approximate surface area is 144 Å². The first-order valence-electron chi connectivity index (χ1n) is 9.12. The van der Waals surface area contributed by atoms with Gasteiger partial charge in [0.25, 0.3) is 5.91 Å². The third-order valence-electron chi connectivity index (χ3n) is 5.15. The van der Waals surface area contributed by atoms with Crippen molar-refractivity contribution in [2.75, 3.05) is 13.1 Å². The molecule has 4 nitrogen and oxygen atoms in total. The van der Waals surface area contributed by atoms with E-state index in [1.165, 1.54) is 19.3 Å². The van der Waals surface area contributed by atoms with Crippen molar-refractivity contribution in [2.45, 2.75) is 52.9 Å². The molecule has 0 N–H and O–H groups in total. The van der Waals surface area contributed by atoms with Crippen LogP contribution in [-0.4, -0.2) is 33.9 Å². The first-order valence-corrected chi connectivity index (χ1v) is 9.12. The summed E-state index contributed by atoms with van der Waals surface area (Å²) in [7, 11) is 0. The van der Waals surface area contributed by atoms with Crippen molar-refractivity contribution in [3.63, 3.8) is 0 Å². The Kier molecular flexibility index (Phi) is 5.12. The summed E-state index contributed by atoms with van der Waals surface area (Å²) in [4.78, 5) is 24.0. The van der Waals surface area contributed by atoms with Gasteiger partial charge in [0, 0.05) is 18.7 Å². The van der Waals surface area contributed by atoms with Gasteiger partial charge in [0.05, 0.1) is 22.4 Å². The number of carbonyl (C=O) groups excluding carboxylic acids is 1. The lowest BCUT2D eigenvalue weighted by Crippen LogP contribution is -2.32. The van der Waals surface area contributed by atoms with Gasteiger partial charge in [-0.2, -0.15) is 0 Å². The Balaban J connectivity index is 1.79. The summed E-state index contributed by atoms with van der Waals surface area (Å²) in [6, 6.07) is 5.70. The van der Waals surface area contributed by atoms with E-state index in [4.69, 9.17) is 0 Å². The standard InChI is InChI=1S/C20H27N3O/c1-4-6-16-7-5-11-23(12-10-16)20(24)17-8-9-18-19(13-17)22-15(3)14(2)21-18/h8-9,13,16H,4-7,10-12H2,1-3H3. The van der Waals surface area contributed by atoms with Crippen LogP contribution in [0.1, 0.15) is 60.8 Å². The lowest BCUT2D eigenvalue weighted by Gasteiger charge is -2.21. The van der Waals surface area contributed by atoms with Crippen LogP contribution in [0, 0.1) is 19.8 Å². The lowest BCUT2D eigenvalue weighted by atomic mass is 9.96. The molecule has 1 amide bonds.